The highest BCUT2D eigenvalue weighted by Gasteiger charge is 2.26. The molecule has 3 aliphatic rings. The van der Waals surface area contributed by atoms with Gasteiger partial charge in [0.2, 0.25) is 5.91 Å². The van der Waals surface area contributed by atoms with Gasteiger partial charge in [0.25, 0.3) is 0 Å². The fraction of sp³-hybridized carbons (Fsp3) is 0.632. The van der Waals surface area contributed by atoms with Crippen molar-refractivity contribution < 1.29 is 4.79 Å². The minimum absolute atomic E-state index is 0. The fourth-order valence-corrected chi connectivity index (χ4v) is 3.76. The smallest absolute Gasteiger partial charge is 0.228 e. The van der Waals surface area contributed by atoms with Crippen molar-refractivity contribution in [3.63, 3.8) is 0 Å². The number of rotatable bonds is 5. The molecule has 2 N–H and O–H groups in total. The second-order valence-electron chi connectivity index (χ2n) is 7.46. The standard InChI is InChI=1S/C19H28N4O.3ClH/c24-19(16-6-7-20-13-16)21-17-2-1-3-18(12-17)23-10-8-22(9-11-23)14-15-4-5-15;;;/h1-3,12,15-16,20H,4-11,13-14H2,(H,21,24);3*1H. The Labute approximate surface area is 180 Å². The number of nitrogens with one attached hydrogen (secondary N) is 2. The molecule has 154 valence electrons. The van der Waals surface area contributed by atoms with Crippen LogP contribution in [0.5, 0.6) is 0 Å². The predicted molar refractivity (Wildman–Crippen MR) is 119 cm³/mol. The molecule has 1 aromatic rings. The molecule has 2 heterocycles. The number of anilines is 2. The molecular weight excluding hydrogens is 407 g/mol. The van der Waals surface area contributed by atoms with Gasteiger partial charge in [0.1, 0.15) is 0 Å². The molecular formula is C19H31Cl3N4O. The third kappa shape index (κ3) is 6.68. The average molecular weight is 438 g/mol. The zero-order chi connectivity index (χ0) is 16.4. The molecule has 4 rings (SSSR count). The molecule has 0 bridgehead atoms. The summed E-state index contributed by atoms with van der Waals surface area (Å²) in [4.78, 5) is 17.3. The molecule has 1 aromatic carbocycles. The summed E-state index contributed by atoms with van der Waals surface area (Å²) in [5, 5.41) is 6.34. The number of carbonyl (C=O) groups excluding carboxylic acids is 1. The highest BCUT2D eigenvalue weighted by Crippen LogP contribution is 2.30. The van der Waals surface area contributed by atoms with E-state index in [9.17, 15) is 4.79 Å². The molecule has 1 aliphatic carbocycles. The summed E-state index contributed by atoms with van der Waals surface area (Å²) in [5.41, 5.74) is 2.15. The van der Waals surface area contributed by atoms with Gasteiger partial charge in [0.15, 0.2) is 0 Å². The van der Waals surface area contributed by atoms with Gasteiger partial charge in [0, 0.05) is 50.6 Å². The Hall–Kier alpha value is -0.720. The fourth-order valence-electron chi connectivity index (χ4n) is 3.76. The van der Waals surface area contributed by atoms with Gasteiger partial charge in [-0.1, -0.05) is 6.07 Å². The van der Waals surface area contributed by atoms with E-state index in [-0.39, 0.29) is 49.0 Å². The second-order valence-corrected chi connectivity index (χ2v) is 7.46. The molecule has 2 aliphatic heterocycles. The van der Waals surface area contributed by atoms with Gasteiger partial charge in [-0.15, -0.1) is 37.2 Å². The number of hydrogen-bond acceptors (Lipinski definition) is 4. The number of amides is 1. The molecule has 8 heteroatoms. The molecule has 1 unspecified atom stereocenters. The maximum atomic E-state index is 12.3. The summed E-state index contributed by atoms with van der Waals surface area (Å²) in [5.74, 6) is 1.23. The largest absolute Gasteiger partial charge is 0.369 e. The first-order valence-electron chi connectivity index (χ1n) is 9.37. The minimum atomic E-state index is 0. The Bertz CT molecular complexity index is 586. The molecule has 1 saturated carbocycles. The molecule has 5 nitrogen and oxygen atoms in total. The molecule has 0 spiro atoms. The van der Waals surface area contributed by atoms with Gasteiger partial charge in [-0.3, -0.25) is 9.69 Å². The van der Waals surface area contributed by atoms with Crippen molar-refractivity contribution in [2.24, 2.45) is 11.8 Å². The lowest BCUT2D eigenvalue weighted by Crippen LogP contribution is -2.47. The average Bonchev–Trinajstić information content (AvgIpc) is 3.24. The van der Waals surface area contributed by atoms with Crippen LogP contribution in [-0.4, -0.2) is 56.6 Å². The summed E-state index contributed by atoms with van der Waals surface area (Å²) in [7, 11) is 0. The highest BCUT2D eigenvalue weighted by atomic mass is 35.5. The van der Waals surface area contributed by atoms with Crippen LogP contribution in [0, 0.1) is 11.8 Å². The third-order valence-corrected chi connectivity index (χ3v) is 5.50. The number of benzene rings is 1. The van der Waals surface area contributed by atoms with E-state index in [1.165, 1.54) is 25.1 Å². The van der Waals surface area contributed by atoms with Crippen molar-refractivity contribution in [2.75, 3.05) is 56.0 Å². The van der Waals surface area contributed by atoms with Crippen molar-refractivity contribution in [1.82, 2.24) is 10.2 Å². The van der Waals surface area contributed by atoms with Crippen LogP contribution >= 0.6 is 37.2 Å². The van der Waals surface area contributed by atoms with Gasteiger partial charge < -0.3 is 15.5 Å². The van der Waals surface area contributed by atoms with Crippen LogP contribution in [-0.2, 0) is 4.79 Å². The van der Waals surface area contributed by atoms with E-state index in [0.29, 0.717) is 0 Å². The lowest BCUT2D eigenvalue weighted by Gasteiger charge is -2.36. The summed E-state index contributed by atoms with van der Waals surface area (Å²) < 4.78 is 0. The van der Waals surface area contributed by atoms with Crippen LogP contribution in [0.2, 0.25) is 0 Å². The van der Waals surface area contributed by atoms with E-state index in [1.54, 1.807) is 0 Å². The zero-order valence-electron chi connectivity index (χ0n) is 15.6. The van der Waals surface area contributed by atoms with Crippen molar-refractivity contribution in [2.45, 2.75) is 19.3 Å². The number of halogens is 3. The summed E-state index contributed by atoms with van der Waals surface area (Å²) in [6.07, 6.45) is 3.80. The predicted octanol–water partition coefficient (Wildman–Crippen LogP) is 3.03. The Balaban J connectivity index is 0.00000121. The minimum Gasteiger partial charge on any atom is -0.369 e. The molecule has 0 radical (unpaired) electrons. The van der Waals surface area contributed by atoms with Gasteiger partial charge in [0.05, 0.1) is 5.92 Å². The van der Waals surface area contributed by atoms with E-state index >= 15 is 0 Å². The van der Waals surface area contributed by atoms with Gasteiger partial charge >= 0.3 is 0 Å². The van der Waals surface area contributed by atoms with Crippen molar-refractivity contribution in [3.8, 4) is 0 Å². The molecule has 2 saturated heterocycles. The number of piperazine rings is 1. The number of carbonyl (C=O) groups is 1. The number of hydrogen-bond donors (Lipinski definition) is 2. The summed E-state index contributed by atoms with van der Waals surface area (Å²) in [6, 6.07) is 8.32. The van der Waals surface area contributed by atoms with E-state index in [4.69, 9.17) is 0 Å². The summed E-state index contributed by atoms with van der Waals surface area (Å²) in [6.45, 7) is 7.51. The first-order valence-corrected chi connectivity index (χ1v) is 9.37. The zero-order valence-corrected chi connectivity index (χ0v) is 18.0. The Morgan fingerprint density at radius 1 is 1.07 bits per heavy atom. The third-order valence-electron chi connectivity index (χ3n) is 5.50. The van der Waals surface area contributed by atoms with Crippen molar-refractivity contribution in [1.29, 1.82) is 0 Å². The monoisotopic (exact) mass is 436 g/mol. The Morgan fingerprint density at radius 2 is 1.81 bits per heavy atom. The van der Waals surface area contributed by atoms with E-state index < -0.39 is 0 Å². The molecule has 27 heavy (non-hydrogen) atoms. The van der Waals surface area contributed by atoms with Crippen LogP contribution in [0.1, 0.15) is 19.3 Å². The maximum absolute atomic E-state index is 12.3. The second kappa shape index (κ2) is 11.3. The lowest BCUT2D eigenvalue weighted by atomic mass is 10.1. The topological polar surface area (TPSA) is 47.6 Å². The van der Waals surface area contributed by atoms with Crippen LogP contribution in [0.25, 0.3) is 0 Å². The van der Waals surface area contributed by atoms with E-state index in [2.05, 4.69) is 38.6 Å². The van der Waals surface area contributed by atoms with Gasteiger partial charge in [-0.25, -0.2) is 0 Å². The lowest BCUT2D eigenvalue weighted by molar-refractivity contribution is -0.119. The van der Waals surface area contributed by atoms with Crippen LogP contribution in [0.3, 0.4) is 0 Å². The quantitative estimate of drug-likeness (QED) is 0.743. The SMILES string of the molecule is Cl.Cl.Cl.O=C(Nc1cccc(N2CCN(CC3CC3)CC2)c1)C1CCNC1. The normalized spacial score (nSPS) is 22.2. The van der Waals surface area contributed by atoms with Gasteiger partial charge in [-0.05, 0) is 49.9 Å². The Morgan fingerprint density at radius 3 is 2.44 bits per heavy atom. The van der Waals surface area contributed by atoms with Gasteiger partial charge in [-0.2, -0.15) is 0 Å². The molecule has 3 fully saturated rings. The molecule has 0 aromatic heterocycles. The highest BCUT2D eigenvalue weighted by molar-refractivity contribution is 5.93. The van der Waals surface area contributed by atoms with Crippen LogP contribution in [0.15, 0.2) is 24.3 Å². The van der Waals surface area contributed by atoms with E-state index in [1.807, 2.05) is 6.07 Å². The first kappa shape index (κ1) is 24.3. The maximum Gasteiger partial charge on any atom is 0.228 e. The van der Waals surface area contributed by atoms with Crippen LogP contribution in [0.4, 0.5) is 11.4 Å². The molecule has 1 amide bonds. The first-order chi connectivity index (χ1) is 11.8. The van der Waals surface area contributed by atoms with E-state index in [0.717, 1.165) is 57.3 Å². The van der Waals surface area contributed by atoms with Crippen molar-refractivity contribution >= 4 is 54.5 Å². The van der Waals surface area contributed by atoms with Crippen LogP contribution < -0.4 is 15.5 Å². The molecule has 1 atom stereocenters. The number of nitrogens with zero attached hydrogens (tertiary/aromatic N) is 2. The Kier molecular flexibility index (Phi) is 10.2. The van der Waals surface area contributed by atoms with Crippen molar-refractivity contribution in [3.05, 3.63) is 24.3 Å². The summed E-state index contributed by atoms with van der Waals surface area (Å²) >= 11 is 0.